The maximum absolute atomic E-state index is 13.7. The second kappa shape index (κ2) is 5.44. The van der Waals surface area contributed by atoms with Crippen molar-refractivity contribution in [2.75, 3.05) is 0 Å². The quantitative estimate of drug-likeness (QED) is 0.852. The van der Waals surface area contributed by atoms with Crippen LogP contribution in [0.2, 0.25) is 0 Å². The van der Waals surface area contributed by atoms with Crippen molar-refractivity contribution in [3.8, 4) is 0 Å². The van der Waals surface area contributed by atoms with Gasteiger partial charge in [-0.3, -0.25) is 0 Å². The Morgan fingerprint density at radius 1 is 1.20 bits per heavy atom. The molecule has 0 heterocycles. The highest BCUT2D eigenvalue weighted by atomic mass is 19.1. The van der Waals surface area contributed by atoms with Crippen molar-refractivity contribution in [2.24, 2.45) is 17.1 Å². The van der Waals surface area contributed by atoms with E-state index >= 15 is 0 Å². The Kier molecular flexibility index (Phi) is 4.19. The summed E-state index contributed by atoms with van der Waals surface area (Å²) in [5, 5.41) is 0. The van der Waals surface area contributed by atoms with Gasteiger partial charge in [-0.1, -0.05) is 20.8 Å². The highest BCUT2D eigenvalue weighted by Gasteiger charge is 2.36. The third-order valence-electron chi connectivity index (χ3n) is 4.76. The molecule has 1 aliphatic carbocycles. The molecule has 2 rings (SSSR count). The molecule has 1 aromatic rings. The molecule has 1 saturated carbocycles. The molecule has 112 valence electrons. The van der Waals surface area contributed by atoms with E-state index in [2.05, 4.69) is 20.8 Å². The third-order valence-corrected chi connectivity index (χ3v) is 4.76. The monoisotopic (exact) mass is 281 g/mol. The van der Waals surface area contributed by atoms with E-state index in [1.807, 2.05) is 0 Å². The highest BCUT2D eigenvalue weighted by molar-refractivity contribution is 5.21. The summed E-state index contributed by atoms with van der Waals surface area (Å²) in [4.78, 5) is 0. The standard InChI is InChI=1S/C17H25F2N/c1-16(2,3)13-6-8-17(20,9-7-13)11-12-10-14(18)4-5-15(12)19/h4-5,10,13H,6-9,11,20H2,1-3H3. The molecule has 1 nitrogen and oxygen atoms in total. The van der Waals surface area contributed by atoms with E-state index in [4.69, 9.17) is 5.73 Å². The predicted molar refractivity (Wildman–Crippen MR) is 78.4 cm³/mol. The molecule has 0 atom stereocenters. The minimum atomic E-state index is -0.395. The summed E-state index contributed by atoms with van der Waals surface area (Å²) < 4.78 is 27.0. The first-order chi connectivity index (χ1) is 9.20. The molecule has 0 aromatic heterocycles. The first kappa shape index (κ1) is 15.4. The zero-order chi connectivity index (χ0) is 15.0. The van der Waals surface area contributed by atoms with Crippen molar-refractivity contribution in [1.82, 2.24) is 0 Å². The molecule has 0 saturated heterocycles. The fraction of sp³-hybridized carbons (Fsp3) is 0.647. The van der Waals surface area contributed by atoms with Gasteiger partial charge in [0.2, 0.25) is 0 Å². The highest BCUT2D eigenvalue weighted by Crippen LogP contribution is 2.41. The average Bonchev–Trinajstić information content (AvgIpc) is 2.33. The van der Waals surface area contributed by atoms with Crippen LogP contribution < -0.4 is 5.73 Å². The van der Waals surface area contributed by atoms with Gasteiger partial charge in [0.05, 0.1) is 0 Å². The largest absolute Gasteiger partial charge is 0.325 e. The van der Waals surface area contributed by atoms with E-state index < -0.39 is 11.4 Å². The van der Waals surface area contributed by atoms with E-state index in [9.17, 15) is 8.78 Å². The van der Waals surface area contributed by atoms with Crippen LogP contribution in [0.25, 0.3) is 0 Å². The van der Waals surface area contributed by atoms with Gasteiger partial charge in [0.1, 0.15) is 11.6 Å². The Labute approximate surface area is 120 Å². The Hall–Kier alpha value is -0.960. The summed E-state index contributed by atoms with van der Waals surface area (Å²) in [7, 11) is 0. The van der Waals surface area contributed by atoms with Gasteiger partial charge in [0.25, 0.3) is 0 Å². The lowest BCUT2D eigenvalue weighted by molar-refractivity contribution is 0.133. The van der Waals surface area contributed by atoms with Gasteiger partial charge in [0.15, 0.2) is 0 Å². The number of hydrogen-bond donors (Lipinski definition) is 1. The van der Waals surface area contributed by atoms with Gasteiger partial charge in [0, 0.05) is 5.54 Å². The molecule has 2 N–H and O–H groups in total. The summed E-state index contributed by atoms with van der Waals surface area (Å²) in [6, 6.07) is 3.62. The summed E-state index contributed by atoms with van der Waals surface area (Å²) in [6.07, 6.45) is 4.32. The lowest BCUT2D eigenvalue weighted by Gasteiger charge is -2.42. The van der Waals surface area contributed by atoms with E-state index in [1.165, 1.54) is 12.1 Å². The molecule has 0 amide bonds. The van der Waals surface area contributed by atoms with Crippen molar-refractivity contribution in [3.05, 3.63) is 35.4 Å². The second-order valence-electron chi connectivity index (χ2n) is 7.42. The fourth-order valence-corrected chi connectivity index (χ4v) is 3.29. The smallest absolute Gasteiger partial charge is 0.126 e. The Balaban J connectivity index is 2.05. The molecule has 1 aromatic carbocycles. The topological polar surface area (TPSA) is 26.0 Å². The third kappa shape index (κ3) is 3.57. The van der Waals surface area contributed by atoms with E-state index in [-0.39, 0.29) is 5.82 Å². The Morgan fingerprint density at radius 3 is 2.35 bits per heavy atom. The number of rotatable bonds is 2. The summed E-state index contributed by atoms with van der Waals surface area (Å²) >= 11 is 0. The lowest BCUT2D eigenvalue weighted by atomic mass is 9.66. The summed E-state index contributed by atoms with van der Waals surface area (Å²) in [5.41, 5.74) is 6.74. The SMILES string of the molecule is CC(C)(C)C1CCC(N)(Cc2cc(F)ccc2F)CC1. The van der Waals surface area contributed by atoms with Gasteiger partial charge in [-0.15, -0.1) is 0 Å². The minimum Gasteiger partial charge on any atom is -0.325 e. The molecule has 0 radical (unpaired) electrons. The van der Waals surface area contributed by atoms with Crippen molar-refractivity contribution in [1.29, 1.82) is 0 Å². The van der Waals surface area contributed by atoms with Crippen LogP contribution >= 0.6 is 0 Å². The average molecular weight is 281 g/mol. The van der Waals surface area contributed by atoms with Crippen LogP contribution in [0.1, 0.15) is 52.0 Å². The molecule has 20 heavy (non-hydrogen) atoms. The molecular formula is C17H25F2N. The molecule has 1 aliphatic rings. The van der Waals surface area contributed by atoms with Gasteiger partial charge in [-0.05, 0) is 67.2 Å². The molecule has 1 fully saturated rings. The zero-order valence-electron chi connectivity index (χ0n) is 12.7. The van der Waals surface area contributed by atoms with Crippen LogP contribution in [0, 0.1) is 23.0 Å². The number of hydrogen-bond acceptors (Lipinski definition) is 1. The normalized spacial score (nSPS) is 27.6. The van der Waals surface area contributed by atoms with Crippen molar-refractivity contribution >= 4 is 0 Å². The predicted octanol–water partition coefficient (Wildman–Crippen LogP) is 4.44. The lowest BCUT2D eigenvalue weighted by Crippen LogP contribution is -2.47. The number of benzene rings is 1. The molecular weight excluding hydrogens is 256 g/mol. The van der Waals surface area contributed by atoms with Crippen LogP contribution in [0.3, 0.4) is 0 Å². The molecule has 3 heteroatoms. The van der Waals surface area contributed by atoms with Crippen LogP contribution in [0.15, 0.2) is 18.2 Å². The van der Waals surface area contributed by atoms with Crippen molar-refractivity contribution in [2.45, 2.75) is 58.4 Å². The van der Waals surface area contributed by atoms with Crippen LogP contribution in [0.4, 0.5) is 8.78 Å². The number of nitrogens with two attached hydrogens (primary N) is 1. The van der Waals surface area contributed by atoms with Gasteiger partial charge in [-0.25, -0.2) is 8.78 Å². The van der Waals surface area contributed by atoms with Crippen molar-refractivity contribution < 1.29 is 8.78 Å². The van der Waals surface area contributed by atoms with Crippen LogP contribution in [-0.4, -0.2) is 5.54 Å². The van der Waals surface area contributed by atoms with Crippen LogP contribution in [-0.2, 0) is 6.42 Å². The van der Waals surface area contributed by atoms with Gasteiger partial charge >= 0.3 is 0 Å². The van der Waals surface area contributed by atoms with Gasteiger partial charge in [-0.2, -0.15) is 0 Å². The number of halogens is 2. The zero-order valence-corrected chi connectivity index (χ0v) is 12.7. The second-order valence-corrected chi connectivity index (χ2v) is 7.42. The maximum atomic E-state index is 13.7. The van der Waals surface area contributed by atoms with Crippen molar-refractivity contribution in [3.63, 3.8) is 0 Å². The fourth-order valence-electron chi connectivity index (χ4n) is 3.29. The summed E-state index contributed by atoms with van der Waals surface area (Å²) in [6.45, 7) is 6.77. The molecule has 0 spiro atoms. The molecule has 0 aliphatic heterocycles. The first-order valence-electron chi connectivity index (χ1n) is 7.42. The summed E-state index contributed by atoms with van der Waals surface area (Å²) in [5.74, 6) is -0.0842. The minimum absolute atomic E-state index is 0.297. The van der Waals surface area contributed by atoms with E-state index in [0.717, 1.165) is 31.7 Å². The first-order valence-corrected chi connectivity index (χ1v) is 7.42. The Morgan fingerprint density at radius 2 is 1.80 bits per heavy atom. The molecule has 0 unspecified atom stereocenters. The maximum Gasteiger partial charge on any atom is 0.126 e. The van der Waals surface area contributed by atoms with E-state index in [0.29, 0.717) is 23.3 Å². The Bertz CT molecular complexity index is 468. The van der Waals surface area contributed by atoms with Crippen LogP contribution in [0.5, 0.6) is 0 Å². The molecule has 0 bridgehead atoms. The van der Waals surface area contributed by atoms with E-state index in [1.54, 1.807) is 0 Å². The van der Waals surface area contributed by atoms with Gasteiger partial charge < -0.3 is 5.73 Å².